The summed E-state index contributed by atoms with van der Waals surface area (Å²) in [4.78, 5) is 25.9. The van der Waals surface area contributed by atoms with Gasteiger partial charge in [0.05, 0.1) is 23.5 Å². The molecule has 4 heterocycles. The van der Waals surface area contributed by atoms with Crippen LogP contribution in [-0.4, -0.2) is 34.4 Å². The third-order valence-corrected chi connectivity index (χ3v) is 5.92. The van der Waals surface area contributed by atoms with Gasteiger partial charge >= 0.3 is 5.97 Å². The van der Waals surface area contributed by atoms with Crippen LogP contribution >= 0.6 is 0 Å². The molecule has 0 N–H and O–H groups in total. The Balaban J connectivity index is 1.20. The highest BCUT2D eigenvalue weighted by atomic mass is 16.5. The number of hydrazone groups is 1. The van der Waals surface area contributed by atoms with Crippen molar-refractivity contribution in [3.63, 3.8) is 0 Å². The Labute approximate surface area is 204 Å². The summed E-state index contributed by atoms with van der Waals surface area (Å²) < 4.78 is 21.8. The number of amides is 1. The van der Waals surface area contributed by atoms with Crippen molar-refractivity contribution in [3.8, 4) is 11.3 Å². The van der Waals surface area contributed by atoms with Crippen molar-refractivity contribution in [3.05, 3.63) is 102 Å². The van der Waals surface area contributed by atoms with Gasteiger partial charge in [-0.15, -0.1) is 0 Å². The van der Waals surface area contributed by atoms with Crippen LogP contribution in [0, 0.1) is 0 Å². The molecule has 1 unspecified atom stereocenters. The van der Waals surface area contributed by atoms with Gasteiger partial charge in [-0.05, 0) is 42.5 Å². The van der Waals surface area contributed by atoms with Crippen molar-refractivity contribution in [2.24, 2.45) is 5.10 Å². The van der Waals surface area contributed by atoms with E-state index in [0.717, 1.165) is 5.56 Å². The number of fused-ring (bicyclic) bond motifs is 1. The Morgan fingerprint density at radius 3 is 2.58 bits per heavy atom. The predicted molar refractivity (Wildman–Crippen MR) is 128 cm³/mol. The maximum Gasteiger partial charge on any atom is 0.338 e. The van der Waals surface area contributed by atoms with E-state index < -0.39 is 24.5 Å². The minimum absolute atomic E-state index is 0.277. The number of nitrogens with zero attached hydrogens (tertiary/aromatic N) is 3. The Morgan fingerprint density at radius 1 is 0.972 bits per heavy atom. The number of rotatable bonds is 6. The molecule has 0 saturated heterocycles. The fraction of sp³-hybridized carbons (Fsp3) is 0.111. The highest BCUT2D eigenvalue weighted by molar-refractivity contribution is 6.02. The number of benzene rings is 2. The van der Waals surface area contributed by atoms with E-state index in [1.54, 1.807) is 48.7 Å². The summed E-state index contributed by atoms with van der Waals surface area (Å²) in [6.45, 7) is -0.488. The Morgan fingerprint density at radius 2 is 1.81 bits per heavy atom. The maximum atomic E-state index is 13.1. The molecule has 5 aromatic rings. The molecule has 0 spiro atoms. The third kappa shape index (κ3) is 3.96. The summed E-state index contributed by atoms with van der Waals surface area (Å²) >= 11 is 0. The van der Waals surface area contributed by atoms with Gasteiger partial charge in [0.2, 0.25) is 0 Å². The lowest BCUT2D eigenvalue weighted by Crippen LogP contribution is -2.31. The van der Waals surface area contributed by atoms with E-state index >= 15 is 0 Å². The molecule has 9 nitrogen and oxygen atoms in total. The van der Waals surface area contributed by atoms with Gasteiger partial charge in [-0.25, -0.2) is 9.80 Å². The molecule has 0 saturated carbocycles. The SMILES string of the molecule is O=C(OCC(=O)N1N=C(c2ccco2)CC1c1ccco1)c1ccc2noc(-c3ccccc3)c2c1. The molecule has 3 aromatic heterocycles. The summed E-state index contributed by atoms with van der Waals surface area (Å²) in [5, 5.41) is 10.4. The molecule has 2 aromatic carbocycles. The van der Waals surface area contributed by atoms with Gasteiger partial charge in [-0.2, -0.15) is 5.10 Å². The summed E-state index contributed by atoms with van der Waals surface area (Å²) in [6, 6.07) is 21.0. The topological polar surface area (TPSA) is 111 Å². The molecule has 178 valence electrons. The monoisotopic (exact) mass is 481 g/mol. The van der Waals surface area contributed by atoms with E-state index in [9.17, 15) is 9.59 Å². The van der Waals surface area contributed by atoms with Crippen LogP contribution in [0.5, 0.6) is 0 Å². The fourth-order valence-corrected chi connectivity index (χ4v) is 4.18. The average Bonchev–Trinajstić information content (AvgIpc) is 3.73. The Hall–Kier alpha value is -4.92. The number of hydrogen-bond donors (Lipinski definition) is 0. The van der Waals surface area contributed by atoms with Crippen molar-refractivity contribution in [1.82, 2.24) is 10.2 Å². The van der Waals surface area contributed by atoms with Crippen LogP contribution < -0.4 is 0 Å². The first-order chi connectivity index (χ1) is 17.7. The van der Waals surface area contributed by atoms with Gasteiger partial charge in [0.1, 0.15) is 28.8 Å². The van der Waals surface area contributed by atoms with Crippen molar-refractivity contribution < 1.29 is 27.7 Å². The van der Waals surface area contributed by atoms with Gasteiger partial charge in [-0.1, -0.05) is 35.5 Å². The third-order valence-electron chi connectivity index (χ3n) is 5.92. The minimum atomic E-state index is -0.644. The number of hydrogen-bond acceptors (Lipinski definition) is 8. The molecule has 6 rings (SSSR count). The first-order valence-corrected chi connectivity index (χ1v) is 11.3. The normalized spacial score (nSPS) is 15.3. The first-order valence-electron chi connectivity index (χ1n) is 11.3. The number of carbonyl (C=O) groups excluding carboxylic acids is 2. The minimum Gasteiger partial charge on any atom is -0.467 e. The standard InChI is InChI=1S/C27H19N3O6/c31-25(30-22(24-9-5-13-34-24)15-21(28-30)23-8-4-12-33-23)16-35-27(32)18-10-11-20-19(14-18)26(36-29-20)17-6-2-1-3-7-17/h1-14,22H,15-16H2. The van der Waals surface area contributed by atoms with E-state index in [4.69, 9.17) is 18.1 Å². The quantitative estimate of drug-likeness (QED) is 0.306. The van der Waals surface area contributed by atoms with Gasteiger partial charge in [-0.3, -0.25) is 4.79 Å². The van der Waals surface area contributed by atoms with E-state index in [1.165, 1.54) is 11.3 Å². The van der Waals surface area contributed by atoms with Gasteiger partial charge in [0, 0.05) is 12.0 Å². The summed E-state index contributed by atoms with van der Waals surface area (Å²) in [6.07, 6.45) is 3.49. The first kappa shape index (κ1) is 21.6. The van der Waals surface area contributed by atoms with Crippen molar-refractivity contribution in [2.45, 2.75) is 12.5 Å². The summed E-state index contributed by atoms with van der Waals surface area (Å²) in [5.74, 6) is 0.563. The molecule has 36 heavy (non-hydrogen) atoms. The van der Waals surface area contributed by atoms with Crippen LogP contribution in [-0.2, 0) is 9.53 Å². The van der Waals surface area contributed by atoms with Crippen LogP contribution in [0.25, 0.3) is 22.2 Å². The second-order valence-corrected chi connectivity index (χ2v) is 8.18. The number of aromatic nitrogens is 1. The summed E-state index contributed by atoms with van der Waals surface area (Å²) in [5.41, 5.74) is 2.33. The lowest BCUT2D eigenvalue weighted by molar-refractivity contribution is -0.136. The zero-order valence-electron chi connectivity index (χ0n) is 18.9. The summed E-state index contributed by atoms with van der Waals surface area (Å²) in [7, 11) is 0. The number of ether oxygens (including phenoxy) is 1. The second kappa shape index (κ2) is 9.03. The number of carbonyl (C=O) groups is 2. The molecule has 1 amide bonds. The molecular formula is C27H19N3O6. The van der Waals surface area contributed by atoms with Crippen molar-refractivity contribution in [1.29, 1.82) is 0 Å². The molecule has 9 heteroatoms. The zero-order valence-corrected chi connectivity index (χ0v) is 18.9. The second-order valence-electron chi connectivity index (χ2n) is 8.18. The predicted octanol–water partition coefficient (Wildman–Crippen LogP) is 5.22. The van der Waals surface area contributed by atoms with Crippen molar-refractivity contribution >= 4 is 28.5 Å². The van der Waals surface area contributed by atoms with Crippen molar-refractivity contribution in [2.75, 3.05) is 6.61 Å². The smallest absolute Gasteiger partial charge is 0.338 e. The molecule has 0 bridgehead atoms. The number of esters is 1. The Bertz CT molecular complexity index is 1550. The van der Waals surface area contributed by atoms with Crippen LogP contribution in [0.4, 0.5) is 0 Å². The van der Waals surface area contributed by atoms with E-state index in [1.807, 2.05) is 30.3 Å². The highest BCUT2D eigenvalue weighted by Gasteiger charge is 2.36. The molecule has 0 aliphatic carbocycles. The van der Waals surface area contributed by atoms with Gasteiger partial charge in [0.15, 0.2) is 12.4 Å². The van der Waals surface area contributed by atoms with Crippen LogP contribution in [0.2, 0.25) is 0 Å². The molecule has 1 aliphatic heterocycles. The van der Waals surface area contributed by atoms with Gasteiger partial charge < -0.3 is 18.1 Å². The molecule has 0 fully saturated rings. The zero-order chi connectivity index (χ0) is 24.5. The lowest BCUT2D eigenvalue weighted by atomic mass is 10.1. The average molecular weight is 481 g/mol. The molecule has 1 aliphatic rings. The van der Waals surface area contributed by atoms with E-state index in [-0.39, 0.29) is 5.56 Å². The highest BCUT2D eigenvalue weighted by Crippen LogP contribution is 2.33. The molecule has 0 radical (unpaired) electrons. The Kier molecular flexibility index (Phi) is 5.42. The lowest BCUT2D eigenvalue weighted by Gasteiger charge is -2.19. The number of furan rings is 2. The molecular weight excluding hydrogens is 462 g/mol. The van der Waals surface area contributed by atoms with Crippen LogP contribution in [0.15, 0.2) is 104 Å². The fourth-order valence-electron chi connectivity index (χ4n) is 4.18. The van der Waals surface area contributed by atoms with Gasteiger partial charge in [0.25, 0.3) is 5.91 Å². The van der Waals surface area contributed by atoms with E-state index in [0.29, 0.717) is 40.3 Å². The van der Waals surface area contributed by atoms with Crippen LogP contribution in [0.3, 0.4) is 0 Å². The molecule has 1 atom stereocenters. The largest absolute Gasteiger partial charge is 0.467 e. The van der Waals surface area contributed by atoms with E-state index in [2.05, 4.69) is 10.3 Å². The maximum absolute atomic E-state index is 13.1. The van der Waals surface area contributed by atoms with Crippen LogP contribution in [0.1, 0.15) is 34.3 Å².